The average molecular weight is 565 g/mol. The van der Waals surface area contributed by atoms with Crippen LogP contribution in [0.15, 0.2) is 36.5 Å². The standard InChI is InChI=1S/C27H28F4N4O3S/c1-26-10-7-19(26)22(18-14-32-21-13-20(28)33-35(21)24(18)26)15-3-5-16(6-4-15)23(27(29,30)31)34(2)25(36)17-8-11-39(37,38)12-9-17/h3-6,13-14,17,19,22-23H,7-12H2,1-2H3/t19-,22-,23-,26-/m0/s1. The number of carbonyl (C=O) groups excluding carboxylic acids is 1. The Morgan fingerprint density at radius 1 is 1.15 bits per heavy atom. The number of hydrogen-bond donors (Lipinski definition) is 0. The Hall–Kier alpha value is -3.02. The van der Waals surface area contributed by atoms with Crippen molar-refractivity contribution >= 4 is 21.4 Å². The zero-order valence-corrected chi connectivity index (χ0v) is 22.3. The third-order valence-electron chi connectivity index (χ3n) is 9.11. The molecule has 12 heteroatoms. The average Bonchev–Trinajstić information content (AvgIpc) is 3.31. The van der Waals surface area contributed by atoms with Gasteiger partial charge in [-0.3, -0.25) is 4.79 Å². The fourth-order valence-electron chi connectivity index (χ4n) is 6.99. The predicted molar refractivity (Wildman–Crippen MR) is 134 cm³/mol. The van der Waals surface area contributed by atoms with Gasteiger partial charge in [0, 0.05) is 42.1 Å². The minimum atomic E-state index is -4.72. The molecule has 1 saturated heterocycles. The second-order valence-corrected chi connectivity index (χ2v) is 13.6. The summed E-state index contributed by atoms with van der Waals surface area (Å²) in [5.74, 6) is -2.41. The summed E-state index contributed by atoms with van der Waals surface area (Å²) in [5, 5.41) is 4.02. The van der Waals surface area contributed by atoms with Crippen LogP contribution in [0.2, 0.25) is 0 Å². The number of rotatable bonds is 4. The lowest BCUT2D eigenvalue weighted by Crippen LogP contribution is -2.44. The lowest BCUT2D eigenvalue weighted by Gasteiger charge is -2.44. The van der Waals surface area contributed by atoms with Crippen LogP contribution in [0.4, 0.5) is 17.6 Å². The first kappa shape index (κ1) is 26.2. The number of sulfone groups is 1. The van der Waals surface area contributed by atoms with E-state index in [1.165, 1.54) is 18.2 Å². The van der Waals surface area contributed by atoms with E-state index in [4.69, 9.17) is 0 Å². The van der Waals surface area contributed by atoms with Gasteiger partial charge in [0.1, 0.15) is 9.84 Å². The molecule has 1 saturated carbocycles. The maximum atomic E-state index is 14.3. The Kier molecular flexibility index (Phi) is 5.87. The minimum absolute atomic E-state index is 0.0255. The van der Waals surface area contributed by atoms with Gasteiger partial charge in [-0.2, -0.15) is 17.6 Å². The Morgan fingerprint density at radius 3 is 2.41 bits per heavy atom. The summed E-state index contributed by atoms with van der Waals surface area (Å²) in [6, 6.07) is 5.29. The molecule has 6 rings (SSSR count). The molecule has 0 bridgehead atoms. The molecule has 2 fully saturated rings. The SMILES string of the molecule is CN(C(=O)C1CCS(=O)(=O)CC1)[C@@H](c1ccc([C@H]2c3cnc4cc(F)nn4c3[C@@]3(C)CC[C@@H]23)cc1)C(F)(F)F. The highest BCUT2D eigenvalue weighted by atomic mass is 32.2. The molecule has 0 radical (unpaired) electrons. The summed E-state index contributed by atoms with van der Waals surface area (Å²) in [6.45, 7) is 2.12. The summed E-state index contributed by atoms with van der Waals surface area (Å²) in [7, 11) is -2.12. The molecule has 1 aliphatic heterocycles. The summed E-state index contributed by atoms with van der Waals surface area (Å²) in [5.41, 5.74) is 2.74. The molecule has 2 aromatic heterocycles. The number of aromatic nitrogens is 3. The van der Waals surface area contributed by atoms with E-state index in [1.54, 1.807) is 22.8 Å². The van der Waals surface area contributed by atoms with Crippen molar-refractivity contribution in [3.8, 4) is 0 Å². The van der Waals surface area contributed by atoms with Crippen LogP contribution in [0.25, 0.3) is 5.65 Å². The number of carbonyl (C=O) groups is 1. The third-order valence-corrected chi connectivity index (χ3v) is 10.8. The first-order chi connectivity index (χ1) is 18.3. The predicted octanol–water partition coefficient (Wildman–Crippen LogP) is 4.57. The van der Waals surface area contributed by atoms with Crippen molar-refractivity contribution in [3.05, 3.63) is 64.9 Å². The van der Waals surface area contributed by atoms with Gasteiger partial charge in [-0.25, -0.2) is 17.9 Å². The van der Waals surface area contributed by atoms with Gasteiger partial charge in [0.15, 0.2) is 11.7 Å². The molecule has 7 nitrogen and oxygen atoms in total. The second kappa shape index (κ2) is 8.74. The van der Waals surface area contributed by atoms with E-state index >= 15 is 0 Å². The number of nitrogens with zero attached hydrogens (tertiary/aromatic N) is 4. The maximum Gasteiger partial charge on any atom is 0.413 e. The molecule has 0 unspecified atom stereocenters. The van der Waals surface area contributed by atoms with E-state index in [-0.39, 0.29) is 47.2 Å². The van der Waals surface area contributed by atoms with Crippen molar-refractivity contribution in [2.75, 3.05) is 18.6 Å². The Morgan fingerprint density at radius 2 is 1.82 bits per heavy atom. The molecular formula is C27H28F4N4O3S. The molecule has 3 aromatic rings. The summed E-state index contributed by atoms with van der Waals surface area (Å²) < 4.78 is 81.8. The van der Waals surface area contributed by atoms with Gasteiger partial charge in [-0.15, -0.1) is 5.10 Å². The quantitative estimate of drug-likeness (QED) is 0.434. The van der Waals surface area contributed by atoms with Crippen molar-refractivity contribution in [2.24, 2.45) is 11.8 Å². The molecule has 208 valence electrons. The van der Waals surface area contributed by atoms with Gasteiger partial charge < -0.3 is 4.90 Å². The van der Waals surface area contributed by atoms with Crippen molar-refractivity contribution in [3.63, 3.8) is 0 Å². The zero-order chi connectivity index (χ0) is 27.9. The highest BCUT2D eigenvalue weighted by Crippen LogP contribution is 2.63. The smallest absolute Gasteiger partial charge is 0.330 e. The van der Waals surface area contributed by atoms with Crippen LogP contribution in [0, 0.1) is 17.8 Å². The van der Waals surface area contributed by atoms with Gasteiger partial charge in [-0.05, 0) is 42.7 Å². The van der Waals surface area contributed by atoms with Crippen LogP contribution in [-0.4, -0.2) is 58.6 Å². The molecule has 4 atom stereocenters. The van der Waals surface area contributed by atoms with Crippen molar-refractivity contribution < 1.29 is 30.8 Å². The van der Waals surface area contributed by atoms with Gasteiger partial charge in [0.25, 0.3) is 0 Å². The largest absolute Gasteiger partial charge is 0.413 e. The fourth-order valence-corrected chi connectivity index (χ4v) is 8.48. The second-order valence-electron chi connectivity index (χ2n) is 11.3. The molecule has 1 aromatic carbocycles. The van der Waals surface area contributed by atoms with Gasteiger partial charge >= 0.3 is 6.18 Å². The number of halogens is 4. The van der Waals surface area contributed by atoms with Crippen LogP contribution in [-0.2, 0) is 20.0 Å². The van der Waals surface area contributed by atoms with E-state index in [1.807, 2.05) is 0 Å². The van der Waals surface area contributed by atoms with Crippen LogP contribution in [0.1, 0.15) is 67.0 Å². The van der Waals surface area contributed by atoms with E-state index < -0.39 is 39.8 Å². The summed E-state index contributed by atoms with van der Waals surface area (Å²) in [4.78, 5) is 18.1. The molecule has 39 heavy (non-hydrogen) atoms. The normalized spacial score (nSPS) is 27.0. The monoisotopic (exact) mass is 564 g/mol. The zero-order valence-electron chi connectivity index (χ0n) is 21.4. The highest BCUT2D eigenvalue weighted by Gasteiger charge is 2.57. The Bertz CT molecular complexity index is 1560. The lowest BCUT2D eigenvalue weighted by atomic mass is 9.59. The number of fused-ring (bicyclic) bond motifs is 5. The van der Waals surface area contributed by atoms with Gasteiger partial charge in [-0.1, -0.05) is 31.2 Å². The van der Waals surface area contributed by atoms with Crippen LogP contribution in [0.5, 0.6) is 0 Å². The molecule has 3 heterocycles. The Balaban J connectivity index is 1.31. The first-order valence-corrected chi connectivity index (χ1v) is 14.8. The van der Waals surface area contributed by atoms with Crippen LogP contribution >= 0.6 is 0 Å². The summed E-state index contributed by atoms with van der Waals surface area (Å²) >= 11 is 0. The Labute approximate surface area is 223 Å². The summed E-state index contributed by atoms with van der Waals surface area (Å²) in [6.07, 6.45) is -1.13. The van der Waals surface area contributed by atoms with Gasteiger partial charge in [0.2, 0.25) is 11.9 Å². The molecule has 3 aliphatic rings. The number of amides is 1. The number of benzene rings is 1. The number of alkyl halides is 3. The lowest BCUT2D eigenvalue weighted by molar-refractivity contribution is -0.190. The van der Waals surface area contributed by atoms with Gasteiger partial charge in [0.05, 0.1) is 17.2 Å². The highest BCUT2D eigenvalue weighted by molar-refractivity contribution is 7.91. The molecule has 0 N–H and O–H groups in total. The van der Waals surface area contributed by atoms with Crippen molar-refractivity contribution in [1.29, 1.82) is 0 Å². The van der Waals surface area contributed by atoms with E-state index in [9.17, 15) is 30.8 Å². The first-order valence-electron chi connectivity index (χ1n) is 13.0. The molecule has 2 aliphatic carbocycles. The molecule has 1 amide bonds. The maximum absolute atomic E-state index is 14.3. The van der Waals surface area contributed by atoms with Crippen molar-refractivity contribution in [1.82, 2.24) is 19.5 Å². The molecular weight excluding hydrogens is 536 g/mol. The number of hydrogen-bond acceptors (Lipinski definition) is 5. The van der Waals surface area contributed by atoms with E-state index in [0.717, 1.165) is 36.7 Å². The van der Waals surface area contributed by atoms with Crippen LogP contribution < -0.4 is 0 Å². The topological polar surface area (TPSA) is 84.6 Å². The minimum Gasteiger partial charge on any atom is -0.330 e. The van der Waals surface area contributed by atoms with E-state index in [0.29, 0.717) is 10.5 Å². The van der Waals surface area contributed by atoms with Crippen molar-refractivity contribution in [2.45, 2.75) is 56.2 Å². The third kappa shape index (κ3) is 4.13. The van der Waals surface area contributed by atoms with Crippen LogP contribution in [0.3, 0.4) is 0 Å². The van der Waals surface area contributed by atoms with E-state index in [2.05, 4.69) is 17.0 Å². The fraction of sp³-hybridized carbons (Fsp3) is 0.519. The molecule has 0 spiro atoms.